The lowest BCUT2D eigenvalue weighted by atomic mass is 10.1. The Balaban J connectivity index is 2.38. The Morgan fingerprint density at radius 1 is 1.25 bits per heavy atom. The smallest absolute Gasteiger partial charge is 0.154 e. The maximum absolute atomic E-state index is 6.18. The van der Waals surface area contributed by atoms with E-state index in [1.165, 1.54) is 0 Å². The second-order valence-corrected chi connectivity index (χ2v) is 3.74. The predicted molar refractivity (Wildman–Crippen MR) is 62.9 cm³/mol. The molecule has 0 aliphatic carbocycles. The monoisotopic (exact) mass is 216 g/mol. The van der Waals surface area contributed by atoms with Gasteiger partial charge in [-0.3, -0.25) is 0 Å². The van der Waals surface area contributed by atoms with Gasteiger partial charge in [0.15, 0.2) is 5.82 Å². The highest BCUT2D eigenvalue weighted by Gasteiger charge is 2.16. The van der Waals surface area contributed by atoms with Crippen molar-refractivity contribution in [3.63, 3.8) is 0 Å². The van der Waals surface area contributed by atoms with Crippen molar-refractivity contribution in [1.82, 2.24) is 14.8 Å². The first-order valence-electron chi connectivity index (χ1n) is 5.44. The summed E-state index contributed by atoms with van der Waals surface area (Å²) in [6.07, 6.45) is 0. The van der Waals surface area contributed by atoms with Gasteiger partial charge < -0.3 is 10.3 Å². The minimum atomic E-state index is -0.206. The van der Waals surface area contributed by atoms with Gasteiger partial charge in [0, 0.05) is 6.54 Å². The van der Waals surface area contributed by atoms with E-state index in [-0.39, 0.29) is 6.04 Å². The Hall–Kier alpha value is -1.68. The molecule has 1 aromatic carbocycles. The molecule has 0 spiro atoms. The maximum atomic E-state index is 6.18. The fourth-order valence-electron chi connectivity index (χ4n) is 1.83. The molecule has 1 atom stereocenters. The fraction of sp³-hybridized carbons (Fsp3) is 0.333. The molecule has 0 saturated carbocycles. The molecule has 0 saturated heterocycles. The summed E-state index contributed by atoms with van der Waals surface area (Å²) in [5.41, 5.74) is 7.24. The van der Waals surface area contributed by atoms with Gasteiger partial charge in [0.05, 0.1) is 6.04 Å². The van der Waals surface area contributed by atoms with Crippen molar-refractivity contribution in [2.24, 2.45) is 5.73 Å². The van der Waals surface area contributed by atoms with Gasteiger partial charge in [-0.15, -0.1) is 10.2 Å². The Labute approximate surface area is 95.1 Å². The van der Waals surface area contributed by atoms with Crippen LogP contribution < -0.4 is 5.73 Å². The van der Waals surface area contributed by atoms with Crippen molar-refractivity contribution in [2.75, 3.05) is 0 Å². The fourth-order valence-corrected chi connectivity index (χ4v) is 1.83. The SMILES string of the molecule is CCn1c(C)nnc1C(N)c1ccccc1. The molecule has 4 nitrogen and oxygen atoms in total. The van der Waals surface area contributed by atoms with Crippen molar-refractivity contribution in [3.8, 4) is 0 Å². The number of hydrogen-bond donors (Lipinski definition) is 1. The second-order valence-electron chi connectivity index (χ2n) is 3.74. The van der Waals surface area contributed by atoms with Gasteiger partial charge in [0.1, 0.15) is 5.82 Å². The van der Waals surface area contributed by atoms with Gasteiger partial charge >= 0.3 is 0 Å². The Bertz CT molecular complexity index is 461. The average Bonchev–Trinajstić information content (AvgIpc) is 2.70. The quantitative estimate of drug-likeness (QED) is 0.848. The molecule has 1 aromatic heterocycles. The van der Waals surface area contributed by atoms with E-state index in [4.69, 9.17) is 5.73 Å². The van der Waals surface area contributed by atoms with Crippen molar-refractivity contribution < 1.29 is 0 Å². The van der Waals surface area contributed by atoms with Crippen LogP contribution in [0.1, 0.15) is 30.2 Å². The molecule has 16 heavy (non-hydrogen) atoms. The van der Waals surface area contributed by atoms with Crippen LogP contribution >= 0.6 is 0 Å². The van der Waals surface area contributed by atoms with E-state index in [0.29, 0.717) is 0 Å². The van der Waals surface area contributed by atoms with Crippen LogP contribution in [0.15, 0.2) is 30.3 Å². The van der Waals surface area contributed by atoms with Crippen LogP contribution in [0.2, 0.25) is 0 Å². The number of rotatable bonds is 3. The van der Waals surface area contributed by atoms with Gasteiger partial charge in [0.2, 0.25) is 0 Å². The zero-order valence-electron chi connectivity index (χ0n) is 9.59. The molecule has 2 N–H and O–H groups in total. The molecule has 4 heteroatoms. The van der Waals surface area contributed by atoms with Crippen LogP contribution in [0, 0.1) is 6.92 Å². The van der Waals surface area contributed by atoms with Gasteiger partial charge in [-0.25, -0.2) is 0 Å². The average molecular weight is 216 g/mol. The Morgan fingerprint density at radius 3 is 2.56 bits per heavy atom. The number of hydrogen-bond acceptors (Lipinski definition) is 3. The van der Waals surface area contributed by atoms with E-state index >= 15 is 0 Å². The summed E-state index contributed by atoms with van der Waals surface area (Å²) in [4.78, 5) is 0. The first kappa shape index (κ1) is 10.8. The lowest BCUT2D eigenvalue weighted by molar-refractivity contribution is 0.643. The van der Waals surface area contributed by atoms with Crippen LogP contribution in [0.3, 0.4) is 0 Å². The Morgan fingerprint density at radius 2 is 1.94 bits per heavy atom. The number of benzene rings is 1. The Kier molecular flexibility index (Phi) is 3.01. The summed E-state index contributed by atoms with van der Waals surface area (Å²) in [5.74, 6) is 1.73. The summed E-state index contributed by atoms with van der Waals surface area (Å²) in [7, 11) is 0. The van der Waals surface area contributed by atoms with Crippen LogP contribution in [-0.4, -0.2) is 14.8 Å². The van der Waals surface area contributed by atoms with Crippen LogP contribution in [-0.2, 0) is 6.54 Å². The molecular formula is C12H16N4. The maximum Gasteiger partial charge on any atom is 0.154 e. The number of nitrogens with zero attached hydrogens (tertiary/aromatic N) is 3. The van der Waals surface area contributed by atoms with E-state index in [9.17, 15) is 0 Å². The summed E-state index contributed by atoms with van der Waals surface area (Å²) >= 11 is 0. The first-order chi connectivity index (χ1) is 7.74. The highest BCUT2D eigenvalue weighted by Crippen LogP contribution is 2.18. The van der Waals surface area contributed by atoms with Crippen LogP contribution in [0.5, 0.6) is 0 Å². The highest BCUT2D eigenvalue weighted by atomic mass is 15.3. The predicted octanol–water partition coefficient (Wildman–Crippen LogP) is 1.65. The molecule has 0 amide bonds. The van der Waals surface area contributed by atoms with Gasteiger partial charge in [-0.2, -0.15) is 0 Å². The molecular weight excluding hydrogens is 200 g/mol. The van der Waals surface area contributed by atoms with Crippen LogP contribution in [0.4, 0.5) is 0 Å². The lowest BCUT2D eigenvalue weighted by Gasteiger charge is -2.12. The third-order valence-electron chi connectivity index (χ3n) is 2.72. The van der Waals surface area contributed by atoms with Crippen molar-refractivity contribution in [3.05, 3.63) is 47.5 Å². The summed E-state index contributed by atoms with van der Waals surface area (Å²) < 4.78 is 2.04. The van der Waals surface area contributed by atoms with Gasteiger partial charge in [-0.05, 0) is 19.4 Å². The minimum absolute atomic E-state index is 0.206. The van der Waals surface area contributed by atoms with Crippen molar-refractivity contribution >= 4 is 0 Å². The molecule has 0 radical (unpaired) electrons. The molecule has 1 heterocycles. The van der Waals surface area contributed by atoms with E-state index in [2.05, 4.69) is 17.1 Å². The summed E-state index contributed by atoms with van der Waals surface area (Å²) in [6.45, 7) is 4.85. The topological polar surface area (TPSA) is 56.7 Å². The summed E-state index contributed by atoms with van der Waals surface area (Å²) in [6, 6.07) is 9.75. The number of aryl methyl sites for hydroxylation is 1. The third kappa shape index (κ3) is 1.84. The zero-order valence-corrected chi connectivity index (χ0v) is 9.59. The van der Waals surface area contributed by atoms with E-state index < -0.39 is 0 Å². The number of aromatic nitrogens is 3. The summed E-state index contributed by atoms with van der Waals surface area (Å²) in [5, 5.41) is 8.22. The first-order valence-corrected chi connectivity index (χ1v) is 5.44. The van der Waals surface area contributed by atoms with Crippen LogP contribution in [0.25, 0.3) is 0 Å². The normalized spacial score (nSPS) is 12.7. The molecule has 0 aliphatic heterocycles. The minimum Gasteiger partial charge on any atom is -0.318 e. The molecule has 0 fully saturated rings. The molecule has 2 aromatic rings. The van der Waals surface area contributed by atoms with Crippen molar-refractivity contribution in [2.45, 2.75) is 26.4 Å². The number of nitrogens with two attached hydrogens (primary N) is 1. The molecule has 1 unspecified atom stereocenters. The second kappa shape index (κ2) is 4.45. The third-order valence-corrected chi connectivity index (χ3v) is 2.72. The van der Waals surface area contributed by atoms with Gasteiger partial charge in [0.25, 0.3) is 0 Å². The highest BCUT2D eigenvalue weighted by molar-refractivity contribution is 5.24. The molecule has 2 rings (SSSR count). The molecule has 0 bridgehead atoms. The standard InChI is InChI=1S/C12H16N4/c1-3-16-9(2)14-15-12(16)11(13)10-7-5-4-6-8-10/h4-8,11H,3,13H2,1-2H3. The van der Waals surface area contributed by atoms with E-state index in [1.807, 2.05) is 41.8 Å². The van der Waals surface area contributed by atoms with Crippen molar-refractivity contribution in [1.29, 1.82) is 0 Å². The van der Waals surface area contributed by atoms with E-state index in [0.717, 1.165) is 23.8 Å². The van der Waals surface area contributed by atoms with E-state index in [1.54, 1.807) is 0 Å². The molecule has 0 aliphatic rings. The molecule has 84 valence electrons. The lowest BCUT2D eigenvalue weighted by Crippen LogP contribution is -2.18. The van der Waals surface area contributed by atoms with Gasteiger partial charge in [-0.1, -0.05) is 30.3 Å². The zero-order chi connectivity index (χ0) is 11.5. The largest absolute Gasteiger partial charge is 0.318 e.